The minimum atomic E-state index is -0.708. The third-order valence-corrected chi connectivity index (χ3v) is 3.70. The maximum absolute atomic E-state index is 10.5. The summed E-state index contributed by atoms with van der Waals surface area (Å²) in [5.74, 6) is 0.217. The number of carbonyl (C=O) groups is 1. The number of hydrogen-bond acceptors (Lipinski definition) is 3. The lowest BCUT2D eigenvalue weighted by Crippen LogP contribution is -1.99. The first-order valence-electron chi connectivity index (χ1n) is 8.07. The van der Waals surface area contributed by atoms with E-state index < -0.39 is 5.97 Å². The summed E-state index contributed by atoms with van der Waals surface area (Å²) in [5, 5.41) is 8.62. The predicted octanol–water partition coefficient (Wildman–Crippen LogP) is 4.24. The summed E-state index contributed by atoms with van der Waals surface area (Å²) < 4.78 is 5.93. The van der Waals surface area contributed by atoms with Crippen LogP contribution < -0.4 is 4.74 Å². The van der Waals surface area contributed by atoms with Crippen LogP contribution in [0, 0.1) is 0 Å². The van der Waals surface area contributed by atoms with Gasteiger partial charge in [0.15, 0.2) is 0 Å². The van der Waals surface area contributed by atoms with Crippen LogP contribution in [0.1, 0.15) is 43.2 Å². The molecular formula is C19H23NO3. The molecule has 0 saturated carbocycles. The van der Waals surface area contributed by atoms with Crippen LogP contribution in [0.2, 0.25) is 0 Å². The lowest BCUT2D eigenvalue weighted by molar-refractivity contribution is -0.137. The number of aromatic nitrogens is 1. The number of unbranched alkanes of at least 4 members (excludes halogenated alkanes) is 3. The van der Waals surface area contributed by atoms with Crippen molar-refractivity contribution < 1.29 is 14.6 Å². The Morgan fingerprint density at radius 2 is 1.74 bits per heavy atom. The van der Waals surface area contributed by atoms with Gasteiger partial charge in [0.05, 0.1) is 0 Å². The molecule has 1 heterocycles. The Balaban J connectivity index is 1.77. The molecular weight excluding hydrogens is 290 g/mol. The Labute approximate surface area is 137 Å². The summed E-state index contributed by atoms with van der Waals surface area (Å²) in [4.78, 5) is 14.5. The zero-order valence-corrected chi connectivity index (χ0v) is 13.3. The number of benzene rings is 1. The van der Waals surface area contributed by atoms with E-state index in [0.29, 0.717) is 6.61 Å². The molecule has 1 aromatic heterocycles. The van der Waals surface area contributed by atoms with Gasteiger partial charge in [-0.15, -0.1) is 0 Å². The molecule has 0 unspecified atom stereocenters. The van der Waals surface area contributed by atoms with E-state index in [4.69, 9.17) is 9.84 Å². The average molecular weight is 313 g/mol. The van der Waals surface area contributed by atoms with Gasteiger partial charge in [0.25, 0.3) is 0 Å². The van der Waals surface area contributed by atoms with Gasteiger partial charge in [0.2, 0.25) is 0 Å². The molecule has 1 N–H and O–H groups in total. The molecule has 0 amide bonds. The highest BCUT2D eigenvalue weighted by Gasteiger charge is 2.04. The second-order valence-corrected chi connectivity index (χ2v) is 5.56. The summed E-state index contributed by atoms with van der Waals surface area (Å²) in [6.07, 6.45) is 8.58. The van der Waals surface area contributed by atoms with Gasteiger partial charge in [0, 0.05) is 18.8 Å². The third kappa shape index (κ3) is 6.51. The first-order chi connectivity index (χ1) is 11.3. The van der Waals surface area contributed by atoms with Crippen molar-refractivity contribution in [3.63, 3.8) is 0 Å². The molecule has 2 rings (SSSR count). The van der Waals surface area contributed by atoms with Crippen LogP contribution in [0.4, 0.5) is 0 Å². The molecule has 0 aliphatic heterocycles. The zero-order chi connectivity index (χ0) is 16.3. The Hall–Kier alpha value is -2.36. The quantitative estimate of drug-likeness (QED) is 0.667. The van der Waals surface area contributed by atoms with Gasteiger partial charge in [-0.2, -0.15) is 0 Å². The smallest absolute Gasteiger partial charge is 0.303 e. The summed E-state index contributed by atoms with van der Waals surface area (Å²) in [7, 11) is 0. The summed E-state index contributed by atoms with van der Waals surface area (Å²) in [6, 6.07) is 12.0. The largest absolute Gasteiger partial charge is 0.489 e. The molecule has 0 fully saturated rings. The number of pyridine rings is 1. The molecule has 122 valence electrons. The van der Waals surface area contributed by atoms with Gasteiger partial charge in [-0.25, -0.2) is 0 Å². The van der Waals surface area contributed by atoms with Crippen LogP contribution in [-0.2, 0) is 17.8 Å². The van der Waals surface area contributed by atoms with Crippen molar-refractivity contribution in [2.75, 3.05) is 0 Å². The van der Waals surface area contributed by atoms with Crippen LogP contribution >= 0.6 is 0 Å². The normalized spacial score (nSPS) is 10.4. The number of rotatable bonds is 10. The molecule has 0 bridgehead atoms. The Kier molecular flexibility index (Phi) is 7.11. The predicted molar refractivity (Wildman–Crippen MR) is 89.4 cm³/mol. The van der Waals surface area contributed by atoms with Gasteiger partial charge < -0.3 is 9.84 Å². The molecule has 0 radical (unpaired) electrons. The Bertz CT molecular complexity index is 599. The number of ether oxygens (including phenoxy) is 1. The van der Waals surface area contributed by atoms with E-state index in [1.165, 1.54) is 5.56 Å². The van der Waals surface area contributed by atoms with Crippen molar-refractivity contribution >= 4 is 5.97 Å². The van der Waals surface area contributed by atoms with E-state index >= 15 is 0 Å². The second kappa shape index (κ2) is 9.62. The third-order valence-electron chi connectivity index (χ3n) is 3.70. The lowest BCUT2D eigenvalue weighted by Gasteiger charge is -2.11. The molecule has 23 heavy (non-hydrogen) atoms. The summed E-state index contributed by atoms with van der Waals surface area (Å²) in [6.45, 7) is 0.540. The number of para-hydroxylation sites is 1. The number of aliphatic carboxylic acids is 1. The molecule has 0 spiro atoms. The zero-order valence-electron chi connectivity index (χ0n) is 13.3. The first-order valence-corrected chi connectivity index (χ1v) is 8.07. The van der Waals surface area contributed by atoms with E-state index in [0.717, 1.165) is 43.4 Å². The number of nitrogens with zero attached hydrogens (tertiary/aromatic N) is 1. The number of hydrogen-bond donors (Lipinski definition) is 1. The van der Waals surface area contributed by atoms with Crippen LogP contribution in [0.5, 0.6) is 5.75 Å². The number of carboxylic acids is 1. The van der Waals surface area contributed by atoms with E-state index in [2.05, 4.69) is 11.1 Å². The highest BCUT2D eigenvalue weighted by Crippen LogP contribution is 2.21. The van der Waals surface area contributed by atoms with E-state index in [1.807, 2.05) is 30.3 Å². The topological polar surface area (TPSA) is 59.4 Å². The van der Waals surface area contributed by atoms with Crippen molar-refractivity contribution in [3.8, 4) is 5.75 Å². The summed E-state index contributed by atoms with van der Waals surface area (Å²) >= 11 is 0. The van der Waals surface area contributed by atoms with E-state index in [-0.39, 0.29) is 6.42 Å². The average Bonchev–Trinajstić information content (AvgIpc) is 2.57. The Morgan fingerprint density at radius 1 is 1.00 bits per heavy atom. The van der Waals surface area contributed by atoms with Crippen molar-refractivity contribution in [2.24, 2.45) is 0 Å². The minimum absolute atomic E-state index is 0.269. The molecule has 0 saturated heterocycles. The SMILES string of the molecule is O=C(O)CCCCCCc1ccccc1OCc1ccncc1. The molecule has 2 aromatic rings. The Morgan fingerprint density at radius 3 is 2.52 bits per heavy atom. The van der Waals surface area contributed by atoms with Crippen molar-refractivity contribution in [1.82, 2.24) is 4.98 Å². The molecule has 0 aliphatic rings. The van der Waals surface area contributed by atoms with Crippen molar-refractivity contribution in [2.45, 2.75) is 45.1 Å². The maximum Gasteiger partial charge on any atom is 0.303 e. The highest BCUT2D eigenvalue weighted by molar-refractivity contribution is 5.66. The van der Waals surface area contributed by atoms with Crippen molar-refractivity contribution in [3.05, 3.63) is 59.9 Å². The van der Waals surface area contributed by atoms with Crippen LogP contribution in [0.25, 0.3) is 0 Å². The van der Waals surface area contributed by atoms with Gasteiger partial charge in [-0.3, -0.25) is 9.78 Å². The molecule has 4 nitrogen and oxygen atoms in total. The molecule has 1 aromatic carbocycles. The fraction of sp³-hybridized carbons (Fsp3) is 0.368. The summed E-state index contributed by atoms with van der Waals surface area (Å²) in [5.41, 5.74) is 2.31. The van der Waals surface area contributed by atoms with Crippen LogP contribution in [0.15, 0.2) is 48.8 Å². The lowest BCUT2D eigenvalue weighted by atomic mass is 10.0. The van der Waals surface area contributed by atoms with Crippen LogP contribution in [-0.4, -0.2) is 16.1 Å². The standard InChI is InChI=1S/C19H23NO3/c21-19(22)10-4-2-1-3-7-17-8-5-6-9-18(17)23-15-16-11-13-20-14-12-16/h5-6,8-9,11-14H,1-4,7,10,15H2,(H,21,22). The van der Waals surface area contributed by atoms with Crippen molar-refractivity contribution in [1.29, 1.82) is 0 Å². The van der Waals surface area contributed by atoms with Gasteiger partial charge >= 0.3 is 5.97 Å². The highest BCUT2D eigenvalue weighted by atomic mass is 16.5. The molecule has 0 aliphatic carbocycles. The van der Waals surface area contributed by atoms with Gasteiger partial charge in [-0.1, -0.05) is 31.0 Å². The monoisotopic (exact) mass is 313 g/mol. The van der Waals surface area contributed by atoms with Crippen LogP contribution in [0.3, 0.4) is 0 Å². The van der Waals surface area contributed by atoms with E-state index in [9.17, 15) is 4.79 Å². The first kappa shape index (κ1) is 17.0. The molecule has 4 heteroatoms. The molecule has 0 atom stereocenters. The minimum Gasteiger partial charge on any atom is -0.489 e. The van der Waals surface area contributed by atoms with Gasteiger partial charge in [-0.05, 0) is 48.6 Å². The number of aryl methyl sites for hydroxylation is 1. The fourth-order valence-corrected chi connectivity index (χ4v) is 2.44. The van der Waals surface area contributed by atoms with E-state index in [1.54, 1.807) is 12.4 Å². The fourth-order valence-electron chi connectivity index (χ4n) is 2.44. The maximum atomic E-state index is 10.5. The second-order valence-electron chi connectivity index (χ2n) is 5.56. The number of carboxylic acid groups (broad SMARTS) is 1. The van der Waals surface area contributed by atoms with Gasteiger partial charge in [0.1, 0.15) is 12.4 Å².